The molecule has 3 aromatic rings. The summed E-state index contributed by atoms with van der Waals surface area (Å²) in [7, 11) is 0. The number of hydrogen-bond donors (Lipinski definition) is 1. The Balaban J connectivity index is 1.77. The fourth-order valence-electron chi connectivity index (χ4n) is 4.10. The maximum Gasteiger partial charge on any atom is 0.293 e. The Hall–Kier alpha value is -4.39. The van der Waals surface area contributed by atoms with Gasteiger partial charge in [0.05, 0.1) is 23.1 Å². The Morgan fingerprint density at radius 2 is 1.71 bits per heavy atom. The van der Waals surface area contributed by atoms with E-state index in [1.54, 1.807) is 42.5 Å². The summed E-state index contributed by atoms with van der Waals surface area (Å²) in [6.45, 7) is 2.38. The molecule has 1 N–H and O–H groups in total. The molecule has 0 fully saturated rings. The lowest BCUT2D eigenvalue weighted by Crippen LogP contribution is -2.30. The van der Waals surface area contributed by atoms with E-state index >= 15 is 0 Å². The molecule has 3 aromatic carbocycles. The molecule has 1 atom stereocenters. The Morgan fingerprint density at radius 1 is 1.03 bits per heavy atom. The van der Waals surface area contributed by atoms with Crippen LogP contribution in [0.4, 0.5) is 11.4 Å². The van der Waals surface area contributed by atoms with E-state index in [-0.39, 0.29) is 12.1 Å². The van der Waals surface area contributed by atoms with Crippen LogP contribution in [0, 0.1) is 10.1 Å². The number of allylic oxidation sites excluding steroid dienone is 1. The van der Waals surface area contributed by atoms with Crippen LogP contribution < -0.4 is 9.64 Å². The van der Waals surface area contributed by atoms with E-state index < -0.39 is 22.6 Å². The molecule has 4 rings (SSSR count). The van der Waals surface area contributed by atoms with E-state index in [9.17, 15) is 20.0 Å². The number of carbonyl (C=O) groups excluding carboxylic acids is 1. The van der Waals surface area contributed by atoms with Crippen LogP contribution in [-0.2, 0) is 4.79 Å². The van der Waals surface area contributed by atoms with Gasteiger partial charge in [-0.3, -0.25) is 19.8 Å². The predicted molar refractivity (Wildman–Crippen MR) is 131 cm³/mol. The third-order valence-electron chi connectivity index (χ3n) is 5.62. The van der Waals surface area contributed by atoms with Crippen LogP contribution >= 0.6 is 0 Å². The van der Waals surface area contributed by atoms with Gasteiger partial charge in [0.1, 0.15) is 5.75 Å². The summed E-state index contributed by atoms with van der Waals surface area (Å²) in [5.74, 6) is -0.353. The first-order valence-electron chi connectivity index (χ1n) is 10.9. The van der Waals surface area contributed by atoms with Crippen LogP contribution in [0.15, 0.2) is 96.3 Å². The highest BCUT2D eigenvalue weighted by molar-refractivity contribution is 6.09. The predicted octanol–water partition coefficient (Wildman–Crippen LogP) is 6.00. The molecule has 0 saturated carbocycles. The lowest BCUT2D eigenvalue weighted by atomic mass is 9.95. The molecule has 34 heavy (non-hydrogen) atoms. The first-order chi connectivity index (χ1) is 16.5. The number of nitro groups is 1. The number of carbonyl (C=O) groups is 1. The molecule has 1 unspecified atom stereocenters. The molecule has 1 aliphatic heterocycles. The molecule has 0 spiro atoms. The fourth-order valence-corrected chi connectivity index (χ4v) is 4.10. The third kappa shape index (κ3) is 4.54. The van der Waals surface area contributed by atoms with Crippen molar-refractivity contribution >= 4 is 23.4 Å². The summed E-state index contributed by atoms with van der Waals surface area (Å²) in [4.78, 5) is 26.0. The average Bonchev–Trinajstić information content (AvgIpc) is 3.10. The fraction of sp³-hybridized carbons (Fsp3) is 0.148. The SMILES string of the molecule is CCOc1ccc(N2C(=O)C(O)=C(CC=Cc3ccccc3)C2c2ccccc2[N+](=O)[O-])cc1. The van der Waals surface area contributed by atoms with Crippen molar-refractivity contribution < 1.29 is 19.6 Å². The highest BCUT2D eigenvalue weighted by Gasteiger charge is 2.43. The Morgan fingerprint density at radius 3 is 2.38 bits per heavy atom. The molecule has 7 nitrogen and oxygen atoms in total. The van der Waals surface area contributed by atoms with Crippen molar-refractivity contribution in [2.24, 2.45) is 0 Å². The molecule has 0 radical (unpaired) electrons. The van der Waals surface area contributed by atoms with Gasteiger partial charge in [-0.1, -0.05) is 54.6 Å². The summed E-state index contributed by atoms with van der Waals surface area (Å²) >= 11 is 0. The molecular formula is C27H24N2O5. The zero-order valence-electron chi connectivity index (χ0n) is 18.6. The number of aliphatic hydroxyl groups is 1. The van der Waals surface area contributed by atoms with Gasteiger partial charge in [0.25, 0.3) is 11.6 Å². The number of benzene rings is 3. The molecule has 0 bridgehead atoms. The molecule has 1 amide bonds. The second-order valence-corrected chi connectivity index (χ2v) is 7.71. The van der Waals surface area contributed by atoms with Gasteiger partial charge in [-0.05, 0) is 49.2 Å². The summed E-state index contributed by atoms with van der Waals surface area (Å²) in [5, 5.41) is 22.6. The number of aliphatic hydroxyl groups excluding tert-OH is 1. The number of para-hydroxylation sites is 1. The smallest absolute Gasteiger partial charge is 0.293 e. The molecule has 7 heteroatoms. The number of anilines is 1. The van der Waals surface area contributed by atoms with Crippen LogP contribution in [0.1, 0.15) is 30.5 Å². The van der Waals surface area contributed by atoms with Gasteiger partial charge in [0.2, 0.25) is 0 Å². The molecule has 0 aliphatic carbocycles. The maximum absolute atomic E-state index is 13.2. The van der Waals surface area contributed by atoms with E-state index in [0.717, 1.165) is 5.56 Å². The standard InChI is InChI=1S/C27H24N2O5/c1-2-34-21-17-15-20(16-18-21)28-25(22-12-6-7-14-24(22)29(32)33)23(26(30)27(28)31)13-8-11-19-9-4-3-5-10-19/h3-12,14-18,25,30H,2,13H2,1H3. The van der Waals surface area contributed by atoms with Gasteiger partial charge >= 0.3 is 0 Å². The van der Waals surface area contributed by atoms with Crippen molar-refractivity contribution in [3.8, 4) is 5.75 Å². The minimum absolute atomic E-state index is 0.115. The maximum atomic E-state index is 13.2. The first kappa shape index (κ1) is 22.8. The van der Waals surface area contributed by atoms with Crippen molar-refractivity contribution in [1.29, 1.82) is 0 Å². The first-order valence-corrected chi connectivity index (χ1v) is 10.9. The van der Waals surface area contributed by atoms with Crippen LogP contribution in [0.2, 0.25) is 0 Å². The van der Waals surface area contributed by atoms with Crippen molar-refractivity contribution in [2.75, 3.05) is 11.5 Å². The molecule has 0 saturated heterocycles. The van der Waals surface area contributed by atoms with Crippen LogP contribution in [0.5, 0.6) is 5.75 Å². The van der Waals surface area contributed by atoms with Crippen molar-refractivity contribution in [2.45, 2.75) is 19.4 Å². The average molecular weight is 456 g/mol. The summed E-state index contributed by atoms with van der Waals surface area (Å²) in [5.41, 5.74) is 2.10. The Labute approximate surface area is 197 Å². The van der Waals surface area contributed by atoms with Gasteiger partial charge < -0.3 is 9.84 Å². The van der Waals surface area contributed by atoms with Gasteiger partial charge in [0.15, 0.2) is 5.76 Å². The molecule has 1 aliphatic rings. The van der Waals surface area contributed by atoms with Crippen LogP contribution in [0.3, 0.4) is 0 Å². The lowest BCUT2D eigenvalue weighted by molar-refractivity contribution is -0.385. The van der Waals surface area contributed by atoms with Crippen molar-refractivity contribution in [3.63, 3.8) is 0 Å². The third-order valence-corrected chi connectivity index (χ3v) is 5.62. The van der Waals surface area contributed by atoms with Crippen LogP contribution in [0.25, 0.3) is 6.08 Å². The zero-order chi connectivity index (χ0) is 24.1. The number of nitro benzene ring substituents is 1. The Kier molecular flexibility index (Phi) is 6.73. The number of ether oxygens (including phenoxy) is 1. The highest BCUT2D eigenvalue weighted by Crippen LogP contribution is 2.45. The largest absolute Gasteiger partial charge is 0.503 e. The minimum atomic E-state index is -0.826. The normalized spacial score (nSPS) is 15.9. The van der Waals surface area contributed by atoms with E-state index in [1.165, 1.54) is 11.0 Å². The highest BCUT2D eigenvalue weighted by atomic mass is 16.6. The molecular weight excluding hydrogens is 432 g/mol. The zero-order valence-corrected chi connectivity index (χ0v) is 18.6. The number of rotatable bonds is 8. The topological polar surface area (TPSA) is 92.9 Å². The molecule has 1 heterocycles. The van der Waals surface area contributed by atoms with Crippen molar-refractivity contribution in [3.05, 3.63) is 118 Å². The van der Waals surface area contributed by atoms with Gasteiger partial charge in [0, 0.05) is 17.3 Å². The van der Waals surface area contributed by atoms with E-state index in [0.29, 0.717) is 29.2 Å². The van der Waals surface area contributed by atoms with Crippen LogP contribution in [-0.4, -0.2) is 22.5 Å². The van der Waals surface area contributed by atoms with Crippen molar-refractivity contribution in [1.82, 2.24) is 0 Å². The summed E-state index contributed by atoms with van der Waals surface area (Å²) < 4.78 is 5.49. The lowest BCUT2D eigenvalue weighted by Gasteiger charge is -2.27. The van der Waals surface area contributed by atoms with E-state index in [4.69, 9.17) is 4.74 Å². The van der Waals surface area contributed by atoms with Gasteiger partial charge in [-0.25, -0.2) is 0 Å². The molecule has 172 valence electrons. The quantitative estimate of drug-likeness (QED) is 0.332. The minimum Gasteiger partial charge on any atom is -0.503 e. The number of amides is 1. The monoisotopic (exact) mass is 456 g/mol. The second kappa shape index (κ2) is 10.0. The summed E-state index contributed by atoms with van der Waals surface area (Å²) in [6.07, 6.45) is 3.98. The molecule has 0 aromatic heterocycles. The van der Waals surface area contributed by atoms with E-state index in [1.807, 2.05) is 49.4 Å². The Bertz CT molecular complexity index is 1250. The van der Waals surface area contributed by atoms with E-state index in [2.05, 4.69) is 0 Å². The number of nitrogens with zero attached hydrogens (tertiary/aromatic N) is 2. The second-order valence-electron chi connectivity index (χ2n) is 7.71. The van der Waals surface area contributed by atoms with Gasteiger partial charge in [-0.2, -0.15) is 0 Å². The number of hydrogen-bond acceptors (Lipinski definition) is 5. The van der Waals surface area contributed by atoms with Gasteiger partial charge in [-0.15, -0.1) is 0 Å². The summed E-state index contributed by atoms with van der Waals surface area (Å²) in [6, 6.07) is 22.0.